The van der Waals surface area contributed by atoms with Gasteiger partial charge in [-0.05, 0) is 61.8 Å². The number of nitrogens with one attached hydrogen (secondary N) is 1. The molecular formula is C32H44N4O3. The highest BCUT2D eigenvalue weighted by atomic mass is 16.2. The number of nitrogens with two attached hydrogens (primary N) is 1. The number of benzene rings is 2. The minimum atomic E-state index is -0.767. The molecule has 3 N–H and O–H groups in total. The van der Waals surface area contributed by atoms with Gasteiger partial charge in [0.25, 0.3) is 5.91 Å². The zero-order valence-corrected chi connectivity index (χ0v) is 23.6. The molecule has 2 aromatic rings. The van der Waals surface area contributed by atoms with E-state index >= 15 is 0 Å². The van der Waals surface area contributed by atoms with Crippen LogP contribution in [-0.2, 0) is 14.4 Å². The average molecular weight is 533 g/mol. The summed E-state index contributed by atoms with van der Waals surface area (Å²) in [6, 6.07) is 17.2. The highest BCUT2D eigenvalue weighted by Crippen LogP contribution is 2.39. The lowest BCUT2D eigenvalue weighted by molar-refractivity contribution is -0.136. The summed E-state index contributed by atoms with van der Waals surface area (Å²) in [5.74, 6) is -1.31. The van der Waals surface area contributed by atoms with E-state index < -0.39 is 23.8 Å². The first-order valence-electron chi connectivity index (χ1n) is 14.6. The molecule has 7 heteroatoms. The van der Waals surface area contributed by atoms with Crippen molar-refractivity contribution in [2.24, 2.45) is 29.4 Å². The number of nitrogens with zero attached hydrogens (tertiary/aromatic N) is 2. The Kier molecular flexibility index (Phi) is 9.65. The van der Waals surface area contributed by atoms with Gasteiger partial charge in [-0.3, -0.25) is 14.4 Å². The van der Waals surface area contributed by atoms with Gasteiger partial charge in [-0.25, -0.2) is 0 Å². The van der Waals surface area contributed by atoms with Crippen LogP contribution in [0.2, 0.25) is 0 Å². The molecule has 1 aliphatic heterocycles. The number of amides is 3. The van der Waals surface area contributed by atoms with Gasteiger partial charge in [-0.1, -0.05) is 70.4 Å². The number of para-hydroxylation sites is 3. The van der Waals surface area contributed by atoms with Crippen molar-refractivity contribution in [3.05, 3.63) is 54.6 Å². The van der Waals surface area contributed by atoms with Crippen molar-refractivity contribution >= 4 is 34.8 Å². The lowest BCUT2D eigenvalue weighted by atomic mass is 9.81. The van der Waals surface area contributed by atoms with Gasteiger partial charge in [0.15, 0.2) is 0 Å². The summed E-state index contributed by atoms with van der Waals surface area (Å²) in [6.07, 6.45) is 6.44. The molecular weight excluding hydrogens is 488 g/mol. The third-order valence-electron chi connectivity index (χ3n) is 8.21. The lowest BCUT2D eigenvalue weighted by Crippen LogP contribution is -2.54. The number of fused-ring (bicyclic) bond motifs is 1. The highest BCUT2D eigenvalue weighted by molar-refractivity contribution is 6.04. The summed E-state index contributed by atoms with van der Waals surface area (Å²) < 4.78 is 0. The standard InChI is InChI=1S/C32H44N4O3/c1-4-12-25(30(33)37)26(19-22(2)3)31(38)34-27-21-35(24-15-6-5-7-16-24)28-17-10-11-18-29(28)36(32(27)39)20-23-13-8-9-14-23/h5-7,10-11,15-18,22-23,25-27H,4,8-9,12-14,19-21H2,1-3H3,(H2,33,37)(H,34,38)/t25-,26+,27?/m0/s1. The van der Waals surface area contributed by atoms with Gasteiger partial charge in [0.2, 0.25) is 11.8 Å². The number of hydrogen-bond acceptors (Lipinski definition) is 4. The topological polar surface area (TPSA) is 95.7 Å². The molecule has 7 nitrogen and oxygen atoms in total. The van der Waals surface area contributed by atoms with E-state index in [4.69, 9.17) is 5.73 Å². The molecule has 2 aliphatic rings. The SMILES string of the molecule is CCC[C@H](C(N)=O)[C@@H](CC(C)C)C(=O)NC1CN(c2ccccc2)c2ccccc2N(CC2CCCC2)C1=O. The molecule has 0 saturated heterocycles. The normalized spacial score (nSPS) is 19.5. The molecule has 0 radical (unpaired) electrons. The first kappa shape index (κ1) is 28.7. The number of primary amides is 1. The molecule has 1 saturated carbocycles. The van der Waals surface area contributed by atoms with Crippen LogP contribution in [0.3, 0.4) is 0 Å². The molecule has 0 aromatic heterocycles. The van der Waals surface area contributed by atoms with Crippen molar-refractivity contribution in [2.45, 2.75) is 71.8 Å². The fraction of sp³-hybridized carbons (Fsp3) is 0.531. The van der Waals surface area contributed by atoms with Crippen molar-refractivity contribution in [3.63, 3.8) is 0 Å². The Morgan fingerprint density at radius 1 is 0.974 bits per heavy atom. The number of carbonyl (C=O) groups excluding carboxylic acids is 3. The largest absolute Gasteiger partial charge is 0.369 e. The molecule has 0 bridgehead atoms. The zero-order valence-electron chi connectivity index (χ0n) is 23.6. The lowest BCUT2D eigenvalue weighted by Gasteiger charge is -2.30. The van der Waals surface area contributed by atoms with Crippen molar-refractivity contribution in [1.29, 1.82) is 0 Å². The maximum atomic E-state index is 14.3. The van der Waals surface area contributed by atoms with E-state index in [1.807, 2.05) is 80.3 Å². The number of carbonyl (C=O) groups is 3. The first-order valence-corrected chi connectivity index (χ1v) is 14.6. The second-order valence-corrected chi connectivity index (χ2v) is 11.6. The van der Waals surface area contributed by atoms with Gasteiger partial charge in [-0.2, -0.15) is 0 Å². The Morgan fingerprint density at radius 2 is 1.62 bits per heavy atom. The molecule has 4 rings (SSSR count). The van der Waals surface area contributed by atoms with Crippen LogP contribution >= 0.6 is 0 Å². The quantitative estimate of drug-likeness (QED) is 0.404. The second kappa shape index (κ2) is 13.1. The van der Waals surface area contributed by atoms with Crippen LogP contribution in [0.4, 0.5) is 17.1 Å². The maximum absolute atomic E-state index is 14.3. The van der Waals surface area contributed by atoms with E-state index in [0.717, 1.165) is 36.3 Å². The molecule has 1 heterocycles. The van der Waals surface area contributed by atoms with Gasteiger partial charge >= 0.3 is 0 Å². The van der Waals surface area contributed by atoms with Crippen molar-refractivity contribution in [2.75, 3.05) is 22.9 Å². The molecule has 0 spiro atoms. The summed E-state index contributed by atoms with van der Waals surface area (Å²) in [5, 5.41) is 3.12. The molecule has 2 aromatic carbocycles. The molecule has 1 unspecified atom stereocenters. The van der Waals surface area contributed by atoms with Gasteiger partial charge in [0, 0.05) is 24.1 Å². The van der Waals surface area contributed by atoms with E-state index in [2.05, 4.69) is 10.2 Å². The summed E-state index contributed by atoms with van der Waals surface area (Å²) in [7, 11) is 0. The minimum Gasteiger partial charge on any atom is -0.369 e. The van der Waals surface area contributed by atoms with Crippen LogP contribution in [-0.4, -0.2) is 36.9 Å². The van der Waals surface area contributed by atoms with Crippen molar-refractivity contribution in [1.82, 2.24) is 5.32 Å². The molecule has 3 amide bonds. The van der Waals surface area contributed by atoms with E-state index in [1.165, 1.54) is 12.8 Å². The Morgan fingerprint density at radius 3 is 2.23 bits per heavy atom. The first-order chi connectivity index (χ1) is 18.8. The van der Waals surface area contributed by atoms with Gasteiger partial charge in [-0.15, -0.1) is 0 Å². The minimum absolute atomic E-state index is 0.101. The maximum Gasteiger partial charge on any atom is 0.251 e. The van der Waals surface area contributed by atoms with Gasteiger partial charge in [0.1, 0.15) is 6.04 Å². The van der Waals surface area contributed by atoms with Gasteiger partial charge in [0.05, 0.1) is 17.9 Å². The van der Waals surface area contributed by atoms with Crippen molar-refractivity contribution < 1.29 is 14.4 Å². The van der Waals surface area contributed by atoms with Crippen LogP contribution < -0.4 is 20.9 Å². The third kappa shape index (κ3) is 6.81. The molecule has 1 aliphatic carbocycles. The van der Waals surface area contributed by atoms with E-state index in [0.29, 0.717) is 31.8 Å². The molecule has 39 heavy (non-hydrogen) atoms. The second-order valence-electron chi connectivity index (χ2n) is 11.6. The summed E-state index contributed by atoms with van der Waals surface area (Å²) >= 11 is 0. The molecule has 210 valence electrons. The molecule has 1 fully saturated rings. The van der Waals surface area contributed by atoms with E-state index in [-0.39, 0.29) is 17.7 Å². The molecule has 3 atom stereocenters. The van der Waals surface area contributed by atoms with Crippen LogP contribution in [0.25, 0.3) is 0 Å². The van der Waals surface area contributed by atoms with E-state index in [1.54, 1.807) is 0 Å². The van der Waals surface area contributed by atoms with Gasteiger partial charge < -0.3 is 20.9 Å². The zero-order chi connectivity index (χ0) is 27.9. The highest BCUT2D eigenvalue weighted by Gasteiger charge is 2.39. The van der Waals surface area contributed by atoms with E-state index in [9.17, 15) is 14.4 Å². The monoisotopic (exact) mass is 532 g/mol. The predicted octanol–water partition coefficient (Wildman–Crippen LogP) is 5.41. The van der Waals surface area contributed by atoms with Crippen LogP contribution in [0.15, 0.2) is 54.6 Å². The van der Waals surface area contributed by atoms with Crippen LogP contribution in [0, 0.1) is 23.7 Å². The Hall–Kier alpha value is -3.35. The average Bonchev–Trinajstić information content (AvgIpc) is 3.41. The summed E-state index contributed by atoms with van der Waals surface area (Å²) in [4.78, 5) is 44.6. The Labute approximate surface area is 233 Å². The van der Waals surface area contributed by atoms with Crippen LogP contribution in [0.1, 0.15) is 65.7 Å². The summed E-state index contributed by atoms with van der Waals surface area (Å²) in [5.41, 5.74) is 8.57. The Bertz CT molecular complexity index is 1130. The fourth-order valence-corrected chi connectivity index (χ4v) is 6.28. The van der Waals surface area contributed by atoms with Crippen LogP contribution in [0.5, 0.6) is 0 Å². The smallest absolute Gasteiger partial charge is 0.251 e. The Balaban J connectivity index is 1.71. The number of rotatable bonds is 11. The van der Waals surface area contributed by atoms with Crippen molar-refractivity contribution in [3.8, 4) is 0 Å². The predicted molar refractivity (Wildman–Crippen MR) is 157 cm³/mol. The number of anilines is 3. The number of hydrogen-bond donors (Lipinski definition) is 2. The summed E-state index contributed by atoms with van der Waals surface area (Å²) in [6.45, 7) is 7.01. The third-order valence-corrected chi connectivity index (χ3v) is 8.21. The fourth-order valence-electron chi connectivity index (χ4n) is 6.28.